The molecule has 0 saturated carbocycles. The molecule has 7 heteroatoms. The number of rotatable bonds is 5. The van der Waals surface area contributed by atoms with Crippen LogP contribution in [0.2, 0.25) is 0 Å². The van der Waals surface area contributed by atoms with Crippen LogP contribution in [0, 0.1) is 10.1 Å². The Labute approximate surface area is 115 Å². The number of hydrogen-bond donors (Lipinski definition) is 0. The van der Waals surface area contributed by atoms with Crippen LogP contribution in [0.25, 0.3) is 0 Å². The summed E-state index contributed by atoms with van der Waals surface area (Å²) >= 11 is 0. The average molecular weight is 275 g/mol. The lowest BCUT2D eigenvalue weighted by Gasteiger charge is -2.07. The van der Waals surface area contributed by atoms with Crippen LogP contribution >= 0.6 is 0 Å². The third-order valence-corrected chi connectivity index (χ3v) is 2.87. The van der Waals surface area contributed by atoms with E-state index in [1.807, 2.05) is 12.1 Å². The number of esters is 1. The fraction of sp³-hybridized carbons (Fsp3) is 0.231. The van der Waals surface area contributed by atoms with Crippen molar-refractivity contribution in [1.82, 2.24) is 9.55 Å². The van der Waals surface area contributed by atoms with Crippen molar-refractivity contribution in [3.05, 3.63) is 58.0 Å². The maximum Gasteiger partial charge on any atom is 0.381 e. The van der Waals surface area contributed by atoms with E-state index in [2.05, 4.69) is 4.98 Å². The van der Waals surface area contributed by atoms with Gasteiger partial charge >= 0.3 is 11.8 Å². The van der Waals surface area contributed by atoms with Gasteiger partial charge in [0.1, 0.15) is 6.20 Å². The van der Waals surface area contributed by atoms with Gasteiger partial charge in [0, 0.05) is 6.54 Å². The third kappa shape index (κ3) is 3.00. The maximum absolute atomic E-state index is 11.6. The summed E-state index contributed by atoms with van der Waals surface area (Å²) in [6.45, 7) is 0.495. The molecule has 20 heavy (non-hydrogen) atoms. The molecule has 2 rings (SSSR count). The molecule has 0 aliphatic rings. The van der Waals surface area contributed by atoms with Crippen molar-refractivity contribution in [1.29, 1.82) is 0 Å². The normalized spacial score (nSPS) is 10.2. The van der Waals surface area contributed by atoms with E-state index in [-0.39, 0.29) is 5.82 Å². The molecule has 0 saturated heterocycles. The van der Waals surface area contributed by atoms with Crippen LogP contribution in [0.15, 0.2) is 36.8 Å². The smallest absolute Gasteiger partial charge is 0.381 e. The standard InChI is InChI=1S/C13H13N3O4/c1-20-13(17)11-5-3-2-4-10(11)6-7-15-8-12(14-9-15)16(18)19/h2-5,8-9H,6-7H2,1H3. The molecule has 7 nitrogen and oxygen atoms in total. The van der Waals surface area contributed by atoms with E-state index >= 15 is 0 Å². The van der Waals surface area contributed by atoms with Crippen molar-refractivity contribution in [3.8, 4) is 0 Å². The van der Waals surface area contributed by atoms with Gasteiger partial charge in [-0.05, 0) is 28.0 Å². The number of aryl methyl sites for hydroxylation is 2. The molecule has 0 fully saturated rings. The Balaban J connectivity index is 2.10. The van der Waals surface area contributed by atoms with Gasteiger partial charge in [-0.1, -0.05) is 18.2 Å². The number of ether oxygens (including phenoxy) is 1. The average Bonchev–Trinajstić information content (AvgIpc) is 2.93. The minimum absolute atomic E-state index is 0.189. The number of carbonyl (C=O) groups excluding carboxylic acids is 1. The quantitative estimate of drug-likeness (QED) is 0.472. The Morgan fingerprint density at radius 3 is 2.85 bits per heavy atom. The largest absolute Gasteiger partial charge is 0.465 e. The molecule has 0 radical (unpaired) electrons. The highest BCUT2D eigenvalue weighted by Crippen LogP contribution is 2.13. The number of nitrogens with zero attached hydrogens (tertiary/aromatic N) is 3. The van der Waals surface area contributed by atoms with Crippen molar-refractivity contribution in [2.24, 2.45) is 0 Å². The first-order valence-corrected chi connectivity index (χ1v) is 5.94. The summed E-state index contributed by atoms with van der Waals surface area (Å²) in [6.07, 6.45) is 3.32. The van der Waals surface area contributed by atoms with Crippen molar-refractivity contribution in [3.63, 3.8) is 0 Å². The van der Waals surface area contributed by atoms with Gasteiger partial charge in [-0.3, -0.25) is 0 Å². The van der Waals surface area contributed by atoms with Gasteiger partial charge in [-0.25, -0.2) is 4.79 Å². The lowest BCUT2D eigenvalue weighted by atomic mass is 10.0. The molecule has 0 N–H and O–H groups in total. The first-order valence-electron chi connectivity index (χ1n) is 5.94. The molecule has 0 spiro atoms. The van der Waals surface area contributed by atoms with Gasteiger partial charge in [0.15, 0.2) is 0 Å². The number of carbonyl (C=O) groups is 1. The number of benzene rings is 1. The fourth-order valence-corrected chi connectivity index (χ4v) is 1.86. The SMILES string of the molecule is COC(=O)c1ccccc1CCn1cnc([N+](=O)[O-])c1. The summed E-state index contributed by atoms with van der Waals surface area (Å²) in [4.78, 5) is 25.3. The van der Waals surface area contributed by atoms with Crippen LogP contribution in [0.1, 0.15) is 15.9 Å². The zero-order valence-corrected chi connectivity index (χ0v) is 10.9. The molecule has 0 bridgehead atoms. The zero-order chi connectivity index (χ0) is 14.5. The van der Waals surface area contributed by atoms with E-state index in [0.717, 1.165) is 5.56 Å². The monoisotopic (exact) mass is 275 g/mol. The van der Waals surface area contributed by atoms with Gasteiger partial charge in [-0.15, -0.1) is 0 Å². The number of aromatic nitrogens is 2. The number of nitro groups is 1. The minimum Gasteiger partial charge on any atom is -0.465 e. The Morgan fingerprint density at radius 1 is 1.45 bits per heavy atom. The second-order valence-corrected chi connectivity index (χ2v) is 4.13. The molecule has 0 amide bonds. The molecule has 104 valence electrons. The van der Waals surface area contributed by atoms with Crippen LogP contribution in [0.4, 0.5) is 5.82 Å². The Kier molecular flexibility index (Phi) is 4.09. The fourth-order valence-electron chi connectivity index (χ4n) is 1.86. The van der Waals surface area contributed by atoms with E-state index in [9.17, 15) is 14.9 Å². The van der Waals surface area contributed by atoms with E-state index in [4.69, 9.17) is 4.74 Å². The minimum atomic E-state index is -0.543. The van der Waals surface area contributed by atoms with Crippen molar-refractivity contribution in [2.45, 2.75) is 13.0 Å². The van der Waals surface area contributed by atoms with Crippen LogP contribution in [-0.4, -0.2) is 27.6 Å². The highest BCUT2D eigenvalue weighted by Gasteiger charge is 2.12. The number of methoxy groups -OCH3 is 1. The first kappa shape index (κ1) is 13.7. The van der Waals surface area contributed by atoms with Crippen LogP contribution in [-0.2, 0) is 17.7 Å². The maximum atomic E-state index is 11.6. The van der Waals surface area contributed by atoms with Crippen LogP contribution < -0.4 is 0 Å². The zero-order valence-electron chi connectivity index (χ0n) is 10.9. The topological polar surface area (TPSA) is 87.3 Å². The summed E-state index contributed by atoms with van der Waals surface area (Å²) in [5.74, 6) is -0.580. The highest BCUT2D eigenvalue weighted by atomic mass is 16.6. The summed E-state index contributed by atoms with van der Waals surface area (Å²) in [7, 11) is 1.33. The summed E-state index contributed by atoms with van der Waals surface area (Å²) in [6, 6.07) is 7.12. The molecule has 1 heterocycles. The third-order valence-electron chi connectivity index (χ3n) is 2.87. The van der Waals surface area contributed by atoms with E-state index < -0.39 is 10.9 Å². The number of imidazole rings is 1. The Bertz CT molecular complexity index is 636. The predicted octanol–water partition coefficient (Wildman–Crippen LogP) is 1.82. The Morgan fingerprint density at radius 2 is 2.20 bits per heavy atom. The molecular weight excluding hydrogens is 262 g/mol. The lowest BCUT2D eigenvalue weighted by molar-refractivity contribution is -0.389. The van der Waals surface area contributed by atoms with Gasteiger partial charge in [0.2, 0.25) is 6.33 Å². The lowest BCUT2D eigenvalue weighted by Crippen LogP contribution is -2.08. The molecule has 0 aliphatic carbocycles. The Hall–Kier alpha value is -2.70. The van der Waals surface area contributed by atoms with Crippen LogP contribution in [0.3, 0.4) is 0 Å². The predicted molar refractivity (Wildman–Crippen MR) is 70.4 cm³/mol. The van der Waals surface area contributed by atoms with Crippen LogP contribution in [0.5, 0.6) is 0 Å². The van der Waals surface area contributed by atoms with Gasteiger partial charge in [-0.2, -0.15) is 0 Å². The molecule has 0 unspecified atom stereocenters. The summed E-state index contributed by atoms with van der Waals surface area (Å²) in [5.41, 5.74) is 1.33. The van der Waals surface area contributed by atoms with Crippen molar-refractivity contribution in [2.75, 3.05) is 7.11 Å². The molecule has 0 aliphatic heterocycles. The number of hydrogen-bond acceptors (Lipinski definition) is 5. The van der Waals surface area contributed by atoms with Gasteiger partial charge < -0.3 is 19.4 Å². The van der Waals surface area contributed by atoms with Gasteiger partial charge in [0.25, 0.3) is 0 Å². The van der Waals surface area contributed by atoms with E-state index in [1.54, 1.807) is 16.7 Å². The van der Waals surface area contributed by atoms with Crippen molar-refractivity contribution >= 4 is 11.8 Å². The molecule has 2 aromatic rings. The molecule has 1 aromatic carbocycles. The second kappa shape index (κ2) is 5.96. The highest BCUT2D eigenvalue weighted by molar-refractivity contribution is 5.90. The van der Waals surface area contributed by atoms with E-state index in [1.165, 1.54) is 19.6 Å². The summed E-state index contributed by atoms with van der Waals surface area (Å²) < 4.78 is 6.33. The van der Waals surface area contributed by atoms with Crippen molar-refractivity contribution < 1.29 is 14.5 Å². The second-order valence-electron chi connectivity index (χ2n) is 4.13. The van der Waals surface area contributed by atoms with E-state index in [0.29, 0.717) is 18.5 Å². The van der Waals surface area contributed by atoms with Gasteiger partial charge in [0.05, 0.1) is 12.7 Å². The molecule has 1 aromatic heterocycles. The first-order chi connectivity index (χ1) is 9.61. The molecule has 0 atom stereocenters. The molecular formula is C13H13N3O4. The summed E-state index contributed by atoms with van der Waals surface area (Å²) in [5, 5.41) is 10.5.